The van der Waals surface area contributed by atoms with Crippen LogP contribution >= 0.6 is 0 Å². The Hall–Kier alpha value is -1.55. The van der Waals surface area contributed by atoms with E-state index in [-0.39, 0.29) is 5.91 Å². The molecule has 1 heterocycles. The van der Waals surface area contributed by atoms with Gasteiger partial charge >= 0.3 is 0 Å². The average Bonchev–Trinajstić information content (AvgIpc) is 2.46. The second kappa shape index (κ2) is 6.57. The number of rotatable bonds is 4. The molecule has 1 fully saturated rings. The number of amides is 1. The van der Waals surface area contributed by atoms with Gasteiger partial charge in [-0.2, -0.15) is 0 Å². The van der Waals surface area contributed by atoms with Gasteiger partial charge in [0.25, 0.3) is 0 Å². The second-order valence-corrected chi connectivity index (χ2v) is 5.04. The fourth-order valence-corrected chi connectivity index (χ4v) is 2.29. The Balaban J connectivity index is 1.82. The van der Waals surface area contributed by atoms with Crippen molar-refractivity contribution in [2.24, 2.45) is 0 Å². The molecule has 4 nitrogen and oxygen atoms in total. The highest BCUT2D eigenvalue weighted by molar-refractivity contribution is 5.76. The molecule has 1 saturated heterocycles. The number of methoxy groups -OCH3 is 1. The maximum Gasteiger partial charge on any atom is 0.222 e. The molecule has 1 aromatic carbocycles. The summed E-state index contributed by atoms with van der Waals surface area (Å²) >= 11 is 0. The normalized spacial score (nSPS) is 16.4. The summed E-state index contributed by atoms with van der Waals surface area (Å²) in [6.07, 6.45) is 1.36. The average molecular weight is 262 g/mol. The third-order valence-electron chi connectivity index (χ3n) is 3.62. The van der Waals surface area contributed by atoms with E-state index >= 15 is 0 Å². The molecule has 0 spiro atoms. The van der Waals surface area contributed by atoms with E-state index in [1.807, 2.05) is 29.2 Å². The van der Waals surface area contributed by atoms with Gasteiger partial charge in [-0.05, 0) is 31.2 Å². The van der Waals surface area contributed by atoms with Crippen molar-refractivity contribution in [1.82, 2.24) is 9.80 Å². The number of ether oxygens (including phenoxy) is 1. The molecule has 2 rings (SSSR count). The Kier molecular flexibility index (Phi) is 4.80. The van der Waals surface area contributed by atoms with Gasteiger partial charge in [-0.3, -0.25) is 4.79 Å². The molecule has 0 unspecified atom stereocenters. The highest BCUT2D eigenvalue weighted by Crippen LogP contribution is 2.14. The molecule has 0 aromatic heterocycles. The number of aryl methyl sites for hydroxylation is 1. The molecule has 0 saturated carbocycles. The van der Waals surface area contributed by atoms with E-state index in [0.717, 1.165) is 43.9 Å². The van der Waals surface area contributed by atoms with E-state index in [9.17, 15) is 4.79 Å². The summed E-state index contributed by atoms with van der Waals surface area (Å²) in [5.41, 5.74) is 1.15. The smallest absolute Gasteiger partial charge is 0.222 e. The van der Waals surface area contributed by atoms with E-state index in [0.29, 0.717) is 6.42 Å². The molecular formula is C15H22N2O2. The second-order valence-electron chi connectivity index (χ2n) is 5.04. The van der Waals surface area contributed by atoms with Crippen LogP contribution in [0.25, 0.3) is 0 Å². The zero-order chi connectivity index (χ0) is 13.7. The Morgan fingerprint density at radius 3 is 2.68 bits per heavy atom. The lowest BCUT2D eigenvalue weighted by Gasteiger charge is -2.32. The first-order valence-electron chi connectivity index (χ1n) is 6.78. The van der Waals surface area contributed by atoms with Crippen LogP contribution in [0, 0.1) is 0 Å². The number of benzene rings is 1. The van der Waals surface area contributed by atoms with Gasteiger partial charge in [0.15, 0.2) is 0 Å². The lowest BCUT2D eigenvalue weighted by molar-refractivity contribution is -0.132. The summed E-state index contributed by atoms with van der Waals surface area (Å²) < 4.78 is 5.19. The first kappa shape index (κ1) is 13.9. The maximum atomic E-state index is 12.1. The summed E-state index contributed by atoms with van der Waals surface area (Å²) in [5, 5.41) is 0. The van der Waals surface area contributed by atoms with Gasteiger partial charge in [-0.15, -0.1) is 0 Å². The molecule has 4 heteroatoms. The van der Waals surface area contributed by atoms with Crippen LogP contribution in [-0.2, 0) is 11.2 Å². The third-order valence-corrected chi connectivity index (χ3v) is 3.62. The van der Waals surface area contributed by atoms with E-state index < -0.39 is 0 Å². The van der Waals surface area contributed by atoms with Crippen LogP contribution in [0.1, 0.15) is 12.0 Å². The van der Waals surface area contributed by atoms with Gasteiger partial charge in [0, 0.05) is 32.6 Å². The summed E-state index contributed by atoms with van der Waals surface area (Å²) in [6, 6.07) is 7.93. The molecule has 1 aromatic rings. The zero-order valence-electron chi connectivity index (χ0n) is 11.8. The Morgan fingerprint density at radius 2 is 2.00 bits per heavy atom. The number of nitrogens with zero attached hydrogens (tertiary/aromatic N) is 2. The molecule has 0 atom stereocenters. The van der Waals surface area contributed by atoms with E-state index in [1.165, 1.54) is 0 Å². The largest absolute Gasteiger partial charge is 0.497 e. The fraction of sp³-hybridized carbons (Fsp3) is 0.533. The van der Waals surface area contributed by atoms with Crippen molar-refractivity contribution in [1.29, 1.82) is 0 Å². The topological polar surface area (TPSA) is 32.8 Å². The van der Waals surface area contributed by atoms with Crippen molar-refractivity contribution in [3.63, 3.8) is 0 Å². The van der Waals surface area contributed by atoms with Crippen molar-refractivity contribution < 1.29 is 9.53 Å². The highest BCUT2D eigenvalue weighted by Gasteiger charge is 2.18. The number of carbonyl (C=O) groups is 1. The third kappa shape index (κ3) is 3.96. The first-order valence-corrected chi connectivity index (χ1v) is 6.78. The van der Waals surface area contributed by atoms with E-state index in [4.69, 9.17) is 4.74 Å². The minimum absolute atomic E-state index is 0.260. The van der Waals surface area contributed by atoms with Crippen molar-refractivity contribution in [2.75, 3.05) is 40.3 Å². The van der Waals surface area contributed by atoms with Gasteiger partial charge in [-0.25, -0.2) is 0 Å². The lowest BCUT2D eigenvalue weighted by atomic mass is 10.1. The van der Waals surface area contributed by atoms with Crippen molar-refractivity contribution in [2.45, 2.75) is 12.8 Å². The molecule has 1 amide bonds. The molecule has 19 heavy (non-hydrogen) atoms. The van der Waals surface area contributed by atoms with E-state index in [2.05, 4.69) is 11.9 Å². The van der Waals surface area contributed by atoms with E-state index in [1.54, 1.807) is 7.11 Å². The van der Waals surface area contributed by atoms with Crippen LogP contribution in [0.4, 0.5) is 0 Å². The maximum absolute atomic E-state index is 12.1. The number of hydrogen-bond acceptors (Lipinski definition) is 3. The Labute approximate surface area is 115 Å². The van der Waals surface area contributed by atoms with Crippen LogP contribution in [-0.4, -0.2) is 56.0 Å². The lowest BCUT2D eigenvalue weighted by Crippen LogP contribution is -2.47. The van der Waals surface area contributed by atoms with Crippen molar-refractivity contribution >= 4 is 5.91 Å². The summed E-state index contributed by atoms with van der Waals surface area (Å²) in [7, 11) is 3.76. The summed E-state index contributed by atoms with van der Waals surface area (Å²) in [5.74, 6) is 1.11. The molecule has 0 bridgehead atoms. The van der Waals surface area contributed by atoms with Gasteiger partial charge in [0.05, 0.1) is 7.11 Å². The SMILES string of the molecule is COc1cccc(CCC(=O)N2CCN(C)CC2)c1. The van der Waals surface area contributed by atoms with Crippen LogP contribution in [0.15, 0.2) is 24.3 Å². The monoisotopic (exact) mass is 262 g/mol. The van der Waals surface area contributed by atoms with Crippen LogP contribution in [0.3, 0.4) is 0 Å². The minimum Gasteiger partial charge on any atom is -0.497 e. The van der Waals surface area contributed by atoms with Gasteiger partial charge in [0.2, 0.25) is 5.91 Å². The summed E-state index contributed by atoms with van der Waals surface area (Å²) in [4.78, 5) is 16.3. The number of hydrogen-bond donors (Lipinski definition) is 0. The van der Waals surface area contributed by atoms with Crippen LogP contribution in [0.5, 0.6) is 5.75 Å². The number of piperazine rings is 1. The Morgan fingerprint density at radius 1 is 1.26 bits per heavy atom. The van der Waals surface area contributed by atoms with Gasteiger partial charge in [-0.1, -0.05) is 12.1 Å². The summed E-state index contributed by atoms with van der Waals surface area (Å²) in [6.45, 7) is 3.66. The van der Waals surface area contributed by atoms with Crippen LogP contribution < -0.4 is 4.74 Å². The Bertz CT molecular complexity index is 426. The standard InChI is InChI=1S/C15H22N2O2/c1-16-8-10-17(11-9-16)15(18)7-6-13-4-3-5-14(12-13)19-2/h3-5,12H,6-11H2,1-2H3. The molecule has 0 aliphatic carbocycles. The zero-order valence-corrected chi connectivity index (χ0v) is 11.8. The molecule has 0 radical (unpaired) electrons. The predicted octanol–water partition coefficient (Wildman–Crippen LogP) is 1.40. The quantitative estimate of drug-likeness (QED) is 0.822. The highest BCUT2D eigenvalue weighted by atomic mass is 16.5. The van der Waals surface area contributed by atoms with Crippen molar-refractivity contribution in [3.8, 4) is 5.75 Å². The molecule has 1 aliphatic rings. The molecular weight excluding hydrogens is 240 g/mol. The number of likely N-dealkylation sites (N-methyl/N-ethyl adjacent to an activating group) is 1. The van der Waals surface area contributed by atoms with Crippen molar-refractivity contribution in [3.05, 3.63) is 29.8 Å². The molecule has 0 N–H and O–H groups in total. The van der Waals surface area contributed by atoms with Gasteiger partial charge < -0.3 is 14.5 Å². The predicted molar refractivity (Wildman–Crippen MR) is 75.4 cm³/mol. The first-order chi connectivity index (χ1) is 9.19. The fourth-order valence-electron chi connectivity index (χ4n) is 2.29. The van der Waals surface area contributed by atoms with Crippen LogP contribution in [0.2, 0.25) is 0 Å². The molecule has 1 aliphatic heterocycles. The van der Waals surface area contributed by atoms with Gasteiger partial charge in [0.1, 0.15) is 5.75 Å². The number of carbonyl (C=O) groups excluding carboxylic acids is 1. The minimum atomic E-state index is 0.260. The molecule has 104 valence electrons.